The number of thiophene rings is 1. The number of para-hydroxylation sites is 1. The molecule has 0 aliphatic carbocycles. The van der Waals surface area contributed by atoms with E-state index in [0.29, 0.717) is 11.8 Å². The Morgan fingerprint density at radius 3 is 2.84 bits per heavy atom. The summed E-state index contributed by atoms with van der Waals surface area (Å²) in [6.07, 6.45) is 2.49. The molecule has 4 nitrogen and oxygen atoms in total. The van der Waals surface area contributed by atoms with Crippen molar-refractivity contribution in [2.75, 3.05) is 17.2 Å². The first-order valence-corrected chi connectivity index (χ1v) is 13.0. The SMILES string of the molecule is C[C@@H]1CCN(C(=O)CSc2ncnc3scc(-c4ccc(F)cc4)c23)c2ccccc2S1. The van der Waals surface area contributed by atoms with Crippen LogP contribution in [0.25, 0.3) is 21.3 Å². The standard InChI is InChI=1S/C24H20FN3OS3/c1-15-10-11-28(19-4-2-3-5-20(19)32-15)21(29)13-31-24-22-18(12-30-23(22)26-14-27-24)16-6-8-17(25)9-7-16/h2-9,12,14-15H,10-11,13H2,1H3/t15-/m1/s1. The zero-order valence-corrected chi connectivity index (χ0v) is 19.8. The quantitative estimate of drug-likeness (QED) is 0.246. The highest BCUT2D eigenvalue weighted by Gasteiger charge is 2.24. The van der Waals surface area contributed by atoms with Crippen LogP contribution in [-0.2, 0) is 4.79 Å². The molecule has 4 aromatic rings. The molecule has 162 valence electrons. The van der Waals surface area contributed by atoms with Crippen molar-refractivity contribution < 1.29 is 9.18 Å². The van der Waals surface area contributed by atoms with Gasteiger partial charge in [0.1, 0.15) is 22.0 Å². The third kappa shape index (κ3) is 4.27. The minimum absolute atomic E-state index is 0.0717. The van der Waals surface area contributed by atoms with Crippen LogP contribution in [-0.4, -0.2) is 33.4 Å². The summed E-state index contributed by atoms with van der Waals surface area (Å²) in [6.45, 7) is 2.92. The minimum atomic E-state index is -0.269. The molecule has 2 aromatic carbocycles. The average molecular weight is 482 g/mol. The topological polar surface area (TPSA) is 46.1 Å². The third-order valence-corrected chi connectivity index (χ3v) is 8.47. The number of nitrogens with zero attached hydrogens (tertiary/aromatic N) is 3. The van der Waals surface area contributed by atoms with Crippen LogP contribution in [0.3, 0.4) is 0 Å². The number of halogens is 1. The van der Waals surface area contributed by atoms with Gasteiger partial charge >= 0.3 is 0 Å². The van der Waals surface area contributed by atoms with Gasteiger partial charge in [-0.05, 0) is 36.2 Å². The number of amides is 1. The Bertz CT molecular complexity index is 1280. The Morgan fingerprint density at radius 1 is 1.19 bits per heavy atom. The fourth-order valence-electron chi connectivity index (χ4n) is 3.75. The number of benzene rings is 2. The number of anilines is 1. The second kappa shape index (κ2) is 9.21. The van der Waals surface area contributed by atoms with E-state index in [2.05, 4.69) is 23.0 Å². The summed E-state index contributed by atoms with van der Waals surface area (Å²) in [6, 6.07) is 14.5. The normalized spacial score (nSPS) is 16.1. The number of fused-ring (bicyclic) bond motifs is 2. The molecule has 0 fully saturated rings. The molecule has 3 heterocycles. The number of rotatable bonds is 4. The molecule has 0 radical (unpaired) electrons. The molecular formula is C24H20FN3OS3. The molecule has 0 saturated heterocycles. The number of thioether (sulfide) groups is 2. The summed E-state index contributed by atoms with van der Waals surface area (Å²) < 4.78 is 13.4. The molecule has 1 aliphatic rings. The van der Waals surface area contributed by atoms with Crippen molar-refractivity contribution in [2.45, 2.75) is 28.5 Å². The van der Waals surface area contributed by atoms with Crippen LogP contribution in [0.1, 0.15) is 13.3 Å². The van der Waals surface area contributed by atoms with Crippen molar-refractivity contribution in [1.82, 2.24) is 9.97 Å². The largest absolute Gasteiger partial charge is 0.311 e. The van der Waals surface area contributed by atoms with E-state index in [-0.39, 0.29) is 17.5 Å². The Labute approximate surface area is 198 Å². The Morgan fingerprint density at radius 2 is 2.00 bits per heavy atom. The van der Waals surface area contributed by atoms with E-state index < -0.39 is 0 Å². The van der Waals surface area contributed by atoms with Gasteiger partial charge in [-0.1, -0.05) is 43.0 Å². The van der Waals surface area contributed by atoms with Crippen molar-refractivity contribution in [3.8, 4) is 11.1 Å². The van der Waals surface area contributed by atoms with E-state index in [1.165, 1.54) is 35.2 Å². The summed E-state index contributed by atoms with van der Waals surface area (Å²) in [5.41, 5.74) is 2.86. The van der Waals surface area contributed by atoms with Gasteiger partial charge < -0.3 is 4.90 Å². The molecule has 1 atom stereocenters. The lowest BCUT2D eigenvalue weighted by Gasteiger charge is -2.22. The summed E-state index contributed by atoms with van der Waals surface area (Å²) in [5, 5.41) is 4.17. The smallest absolute Gasteiger partial charge is 0.237 e. The lowest BCUT2D eigenvalue weighted by Crippen LogP contribution is -2.33. The van der Waals surface area contributed by atoms with Crippen LogP contribution in [0.5, 0.6) is 0 Å². The molecule has 5 rings (SSSR count). The zero-order chi connectivity index (χ0) is 22.1. The van der Waals surface area contributed by atoms with Gasteiger partial charge in [0, 0.05) is 27.6 Å². The van der Waals surface area contributed by atoms with Gasteiger partial charge in [0.15, 0.2) is 0 Å². The summed E-state index contributed by atoms with van der Waals surface area (Å²) in [5.74, 6) is 0.0930. The van der Waals surface area contributed by atoms with E-state index in [0.717, 1.165) is 43.4 Å². The minimum Gasteiger partial charge on any atom is -0.311 e. The lowest BCUT2D eigenvalue weighted by atomic mass is 10.1. The predicted octanol–water partition coefficient (Wildman–Crippen LogP) is 6.51. The Hall–Kier alpha value is -2.42. The van der Waals surface area contributed by atoms with Gasteiger partial charge in [0.05, 0.1) is 16.8 Å². The van der Waals surface area contributed by atoms with Gasteiger partial charge in [-0.15, -0.1) is 23.1 Å². The third-order valence-electron chi connectivity index (χ3n) is 5.37. The van der Waals surface area contributed by atoms with Crippen LogP contribution < -0.4 is 4.90 Å². The monoisotopic (exact) mass is 481 g/mol. The van der Waals surface area contributed by atoms with E-state index in [4.69, 9.17) is 0 Å². The predicted molar refractivity (Wildman–Crippen MR) is 132 cm³/mol. The maximum absolute atomic E-state index is 13.4. The zero-order valence-electron chi connectivity index (χ0n) is 17.3. The maximum Gasteiger partial charge on any atom is 0.237 e. The van der Waals surface area contributed by atoms with Crippen molar-refractivity contribution in [1.29, 1.82) is 0 Å². The number of hydrogen-bond donors (Lipinski definition) is 0. The first-order chi connectivity index (χ1) is 15.6. The van der Waals surface area contributed by atoms with Crippen LogP contribution in [0, 0.1) is 5.82 Å². The highest BCUT2D eigenvalue weighted by Crippen LogP contribution is 2.40. The van der Waals surface area contributed by atoms with E-state index in [1.54, 1.807) is 18.5 Å². The Kier molecular flexibility index (Phi) is 6.17. The van der Waals surface area contributed by atoms with E-state index in [9.17, 15) is 9.18 Å². The second-order valence-corrected chi connectivity index (χ2v) is 10.8. The first kappa shape index (κ1) is 21.4. The van der Waals surface area contributed by atoms with Gasteiger partial charge in [0.25, 0.3) is 0 Å². The number of aromatic nitrogens is 2. The molecule has 0 N–H and O–H groups in total. The van der Waals surface area contributed by atoms with Crippen LogP contribution >= 0.6 is 34.9 Å². The molecular weight excluding hydrogens is 461 g/mol. The Balaban J connectivity index is 1.42. The molecule has 32 heavy (non-hydrogen) atoms. The molecule has 0 bridgehead atoms. The van der Waals surface area contributed by atoms with Crippen molar-refractivity contribution in [2.24, 2.45) is 0 Å². The highest BCUT2D eigenvalue weighted by molar-refractivity contribution is 8.00. The van der Waals surface area contributed by atoms with Crippen molar-refractivity contribution >= 4 is 56.7 Å². The van der Waals surface area contributed by atoms with Crippen molar-refractivity contribution in [3.05, 3.63) is 66.1 Å². The first-order valence-electron chi connectivity index (χ1n) is 10.3. The molecule has 0 saturated carbocycles. The highest BCUT2D eigenvalue weighted by atomic mass is 32.2. The maximum atomic E-state index is 13.4. The fourth-order valence-corrected chi connectivity index (χ4v) is 6.73. The lowest BCUT2D eigenvalue weighted by molar-refractivity contribution is -0.116. The summed E-state index contributed by atoms with van der Waals surface area (Å²) >= 11 is 4.79. The fraction of sp³-hybridized carbons (Fsp3) is 0.208. The molecule has 1 aliphatic heterocycles. The molecule has 1 amide bonds. The van der Waals surface area contributed by atoms with Crippen LogP contribution in [0.4, 0.5) is 10.1 Å². The average Bonchev–Trinajstić information content (AvgIpc) is 3.16. The van der Waals surface area contributed by atoms with Gasteiger partial charge in [-0.25, -0.2) is 14.4 Å². The molecule has 8 heteroatoms. The van der Waals surface area contributed by atoms with Crippen LogP contribution in [0.2, 0.25) is 0 Å². The van der Waals surface area contributed by atoms with Crippen molar-refractivity contribution in [3.63, 3.8) is 0 Å². The van der Waals surface area contributed by atoms with Gasteiger partial charge in [-0.3, -0.25) is 4.79 Å². The van der Waals surface area contributed by atoms with E-state index >= 15 is 0 Å². The second-order valence-electron chi connectivity index (χ2n) is 7.53. The molecule has 0 spiro atoms. The molecule has 0 unspecified atom stereocenters. The van der Waals surface area contributed by atoms with Crippen LogP contribution in [0.15, 0.2) is 70.2 Å². The van der Waals surface area contributed by atoms with E-state index in [1.807, 2.05) is 40.2 Å². The number of hydrogen-bond acceptors (Lipinski definition) is 6. The summed E-state index contributed by atoms with van der Waals surface area (Å²) in [4.78, 5) is 26.1. The summed E-state index contributed by atoms with van der Waals surface area (Å²) in [7, 11) is 0. The van der Waals surface area contributed by atoms with Gasteiger partial charge in [-0.2, -0.15) is 0 Å². The molecule has 2 aromatic heterocycles. The number of carbonyl (C=O) groups is 1. The van der Waals surface area contributed by atoms with Gasteiger partial charge in [0.2, 0.25) is 5.91 Å². The number of carbonyl (C=O) groups excluding carboxylic acids is 1.